The number of carbonyl (C=O) groups is 2. The van der Waals surface area contributed by atoms with Crippen LogP contribution in [0.15, 0.2) is 28.7 Å². The molecule has 10 heteroatoms. The van der Waals surface area contributed by atoms with Gasteiger partial charge in [-0.1, -0.05) is 15.9 Å². The maximum Gasteiger partial charge on any atom is 0.326 e. The van der Waals surface area contributed by atoms with E-state index in [0.29, 0.717) is 5.69 Å². The summed E-state index contributed by atoms with van der Waals surface area (Å²) in [4.78, 5) is 35.5. The number of rotatable bonds is 5. The molecule has 9 nitrogen and oxygen atoms in total. The van der Waals surface area contributed by atoms with Crippen molar-refractivity contribution in [1.82, 2.24) is 5.32 Å². The van der Waals surface area contributed by atoms with E-state index < -0.39 is 22.5 Å². The first-order chi connectivity index (χ1) is 13.2. The Labute approximate surface area is 169 Å². The van der Waals surface area contributed by atoms with E-state index in [1.807, 2.05) is 26.0 Å². The van der Waals surface area contributed by atoms with Gasteiger partial charge in [-0.15, -0.1) is 0 Å². The maximum absolute atomic E-state index is 12.6. The lowest BCUT2D eigenvalue weighted by Gasteiger charge is -2.15. The molecule has 0 aromatic heterocycles. The number of imide groups is 1. The topological polar surface area (TPSA) is 120 Å². The van der Waals surface area contributed by atoms with Crippen molar-refractivity contribution in [3.05, 3.63) is 55.5 Å². The normalized spacial score (nSPS) is 10.2. The quantitative estimate of drug-likeness (QED) is 0.524. The first-order valence-corrected chi connectivity index (χ1v) is 8.77. The molecule has 0 aliphatic rings. The molecule has 0 saturated heterocycles. The molecule has 0 atom stereocenters. The monoisotopic (exact) mass is 451 g/mol. The smallest absolute Gasteiger partial charge is 0.326 e. The van der Waals surface area contributed by atoms with Gasteiger partial charge >= 0.3 is 11.7 Å². The fraction of sp³-hybridized carbons (Fsp3) is 0.222. The number of nitrogens with one attached hydrogen (secondary N) is 2. The molecule has 3 amide bonds. The van der Waals surface area contributed by atoms with Crippen LogP contribution in [0.25, 0.3) is 0 Å². The molecule has 0 unspecified atom stereocenters. The fourth-order valence-corrected chi connectivity index (χ4v) is 3.39. The van der Waals surface area contributed by atoms with Crippen LogP contribution in [-0.4, -0.2) is 31.1 Å². The zero-order valence-electron chi connectivity index (χ0n) is 15.6. The van der Waals surface area contributed by atoms with E-state index in [-0.39, 0.29) is 17.1 Å². The van der Waals surface area contributed by atoms with Crippen LogP contribution in [0.2, 0.25) is 0 Å². The summed E-state index contributed by atoms with van der Waals surface area (Å²) in [7, 11) is 2.49. The summed E-state index contributed by atoms with van der Waals surface area (Å²) < 4.78 is 11.0. The van der Waals surface area contributed by atoms with Crippen LogP contribution in [0.1, 0.15) is 21.5 Å². The van der Waals surface area contributed by atoms with Gasteiger partial charge in [0.05, 0.1) is 19.1 Å². The second kappa shape index (κ2) is 8.70. The lowest BCUT2D eigenvalue weighted by atomic mass is 10.1. The zero-order chi connectivity index (χ0) is 21.0. The first kappa shape index (κ1) is 21.2. The fourth-order valence-electron chi connectivity index (χ4n) is 2.71. The van der Waals surface area contributed by atoms with Crippen LogP contribution in [0.5, 0.6) is 11.5 Å². The highest BCUT2D eigenvalue weighted by molar-refractivity contribution is 9.10. The largest absolute Gasteiger partial charge is 0.496 e. The number of nitro benzene ring substituents is 1. The SMILES string of the molecule is COc1ccc([N+](=O)[O-])c(OC)c1C(=O)NC(=O)Nc1c(C)cc(Br)cc1C. The van der Waals surface area contributed by atoms with Gasteiger partial charge in [-0.2, -0.15) is 0 Å². The van der Waals surface area contributed by atoms with Gasteiger partial charge in [-0.25, -0.2) is 4.79 Å². The molecule has 2 aromatic rings. The van der Waals surface area contributed by atoms with E-state index in [9.17, 15) is 19.7 Å². The summed E-state index contributed by atoms with van der Waals surface area (Å²) in [5, 5.41) is 15.9. The number of methoxy groups -OCH3 is 2. The van der Waals surface area contributed by atoms with E-state index >= 15 is 0 Å². The number of hydrogen-bond acceptors (Lipinski definition) is 6. The first-order valence-electron chi connectivity index (χ1n) is 7.98. The highest BCUT2D eigenvalue weighted by atomic mass is 79.9. The van der Waals surface area contributed by atoms with Crippen LogP contribution in [0.3, 0.4) is 0 Å². The lowest BCUT2D eigenvalue weighted by molar-refractivity contribution is -0.385. The Kier molecular flexibility index (Phi) is 6.57. The van der Waals surface area contributed by atoms with Gasteiger partial charge in [-0.3, -0.25) is 20.2 Å². The Bertz CT molecular complexity index is 938. The van der Waals surface area contributed by atoms with Crippen molar-refractivity contribution in [2.24, 2.45) is 0 Å². The third-order valence-electron chi connectivity index (χ3n) is 3.91. The van der Waals surface area contributed by atoms with Gasteiger partial charge in [0.15, 0.2) is 0 Å². The maximum atomic E-state index is 12.6. The predicted molar refractivity (Wildman–Crippen MR) is 106 cm³/mol. The van der Waals surface area contributed by atoms with Crippen LogP contribution in [0, 0.1) is 24.0 Å². The standard InChI is InChI=1S/C18H18BrN3O6/c1-9-7-11(19)8-10(2)15(9)20-18(24)21-17(23)14-13(27-3)6-5-12(22(25)26)16(14)28-4/h5-8H,1-4H3,(H2,20,21,23,24). The number of aryl methyl sites for hydroxylation is 2. The number of nitro groups is 1. The highest BCUT2D eigenvalue weighted by Crippen LogP contribution is 2.37. The Morgan fingerprint density at radius 2 is 1.71 bits per heavy atom. The molecule has 28 heavy (non-hydrogen) atoms. The number of ether oxygens (including phenoxy) is 2. The van der Waals surface area contributed by atoms with Crippen molar-refractivity contribution < 1.29 is 24.0 Å². The predicted octanol–water partition coefficient (Wildman–Crippen LogP) is 3.95. The van der Waals surface area contributed by atoms with E-state index in [4.69, 9.17) is 9.47 Å². The third kappa shape index (κ3) is 4.39. The Balaban J connectivity index is 2.33. The summed E-state index contributed by atoms with van der Waals surface area (Å²) in [6.07, 6.45) is 0. The number of amides is 3. The minimum Gasteiger partial charge on any atom is -0.496 e. The van der Waals surface area contributed by atoms with Gasteiger partial charge in [-0.05, 0) is 43.2 Å². The molecule has 0 spiro atoms. The van der Waals surface area contributed by atoms with Crippen molar-refractivity contribution in [3.63, 3.8) is 0 Å². The van der Waals surface area contributed by atoms with Crippen molar-refractivity contribution in [2.75, 3.05) is 19.5 Å². The summed E-state index contributed by atoms with van der Waals surface area (Å²) >= 11 is 3.37. The number of carbonyl (C=O) groups excluding carboxylic acids is 2. The molecule has 2 N–H and O–H groups in total. The van der Waals surface area contributed by atoms with Crippen molar-refractivity contribution >= 4 is 39.2 Å². The van der Waals surface area contributed by atoms with Crippen molar-refractivity contribution in [2.45, 2.75) is 13.8 Å². The van der Waals surface area contributed by atoms with E-state index in [2.05, 4.69) is 26.6 Å². The minimum absolute atomic E-state index is 0.0313. The second-order valence-corrected chi connectivity index (χ2v) is 6.69. The molecule has 0 fully saturated rings. The third-order valence-corrected chi connectivity index (χ3v) is 4.37. The molecule has 0 aliphatic carbocycles. The Morgan fingerprint density at radius 1 is 1.11 bits per heavy atom. The van der Waals surface area contributed by atoms with Gasteiger partial charge in [0.2, 0.25) is 5.75 Å². The van der Waals surface area contributed by atoms with E-state index in [0.717, 1.165) is 21.7 Å². The van der Waals surface area contributed by atoms with Crippen LogP contribution >= 0.6 is 15.9 Å². The molecule has 0 bridgehead atoms. The molecule has 0 saturated carbocycles. The second-order valence-electron chi connectivity index (χ2n) is 5.78. The molecular weight excluding hydrogens is 434 g/mol. The molecule has 2 aromatic carbocycles. The van der Waals surface area contributed by atoms with E-state index in [1.54, 1.807) is 0 Å². The Morgan fingerprint density at radius 3 is 2.21 bits per heavy atom. The van der Waals surface area contributed by atoms with Gasteiger partial charge in [0.1, 0.15) is 11.3 Å². The summed E-state index contributed by atoms with van der Waals surface area (Å²) in [6, 6.07) is 5.25. The van der Waals surface area contributed by atoms with Gasteiger partial charge < -0.3 is 14.8 Å². The molecule has 148 valence electrons. The number of halogens is 1. The molecule has 0 aliphatic heterocycles. The highest BCUT2D eigenvalue weighted by Gasteiger charge is 2.28. The number of anilines is 1. The van der Waals surface area contributed by atoms with Crippen molar-refractivity contribution in [1.29, 1.82) is 0 Å². The minimum atomic E-state index is -0.901. The van der Waals surface area contributed by atoms with Crippen molar-refractivity contribution in [3.8, 4) is 11.5 Å². The summed E-state index contributed by atoms with van der Waals surface area (Å²) in [6.45, 7) is 3.61. The number of benzene rings is 2. The lowest BCUT2D eigenvalue weighted by Crippen LogP contribution is -2.35. The summed E-state index contributed by atoms with van der Waals surface area (Å²) in [5.74, 6) is -1.17. The average molecular weight is 452 g/mol. The molecule has 2 rings (SSSR count). The number of urea groups is 1. The number of hydrogen-bond donors (Lipinski definition) is 2. The molecular formula is C18H18BrN3O6. The van der Waals surface area contributed by atoms with Gasteiger partial charge in [0.25, 0.3) is 5.91 Å². The average Bonchev–Trinajstić information content (AvgIpc) is 2.62. The molecule has 0 heterocycles. The van der Waals surface area contributed by atoms with Crippen LogP contribution in [-0.2, 0) is 0 Å². The van der Waals surface area contributed by atoms with E-state index in [1.165, 1.54) is 20.3 Å². The Hall–Kier alpha value is -3.14. The van der Waals surface area contributed by atoms with Crippen LogP contribution < -0.4 is 20.1 Å². The molecule has 0 radical (unpaired) electrons. The van der Waals surface area contributed by atoms with Crippen LogP contribution in [0.4, 0.5) is 16.2 Å². The van der Waals surface area contributed by atoms with Gasteiger partial charge in [0, 0.05) is 16.2 Å². The zero-order valence-corrected chi connectivity index (χ0v) is 17.2. The number of nitrogens with zero attached hydrogens (tertiary/aromatic N) is 1. The summed E-state index contributed by atoms with van der Waals surface area (Å²) in [5.41, 5.74) is 1.46.